The van der Waals surface area contributed by atoms with Crippen LogP contribution in [0.4, 0.5) is 0 Å². The molecule has 1 unspecified atom stereocenters. The maximum absolute atomic E-state index is 12.8. The highest BCUT2D eigenvalue weighted by Gasteiger charge is 2.19. The van der Waals surface area contributed by atoms with Crippen LogP contribution in [0.15, 0.2) is 60.8 Å². The SMILES string of the molecule is CC/C=C\C/C=C\C/C=C\C/C=C\C/C=C\CCCCCCCCCCCCCC(=O)OCC(COC(=O)CCCCCCCCCCC)OC(=O)CCCCCCCCCCCCCCCCCC. The van der Waals surface area contributed by atoms with Gasteiger partial charge >= 0.3 is 17.9 Å². The van der Waals surface area contributed by atoms with Crippen molar-refractivity contribution < 1.29 is 28.6 Å². The molecule has 0 aromatic heterocycles. The molecule has 70 heavy (non-hydrogen) atoms. The van der Waals surface area contributed by atoms with Gasteiger partial charge in [0, 0.05) is 19.3 Å². The Morgan fingerprint density at radius 1 is 0.300 bits per heavy atom. The summed E-state index contributed by atoms with van der Waals surface area (Å²) in [4.78, 5) is 38.1. The highest BCUT2D eigenvalue weighted by Crippen LogP contribution is 2.17. The second-order valence-corrected chi connectivity index (χ2v) is 20.2. The van der Waals surface area contributed by atoms with Crippen molar-refractivity contribution in [2.24, 2.45) is 0 Å². The second-order valence-electron chi connectivity index (χ2n) is 20.2. The van der Waals surface area contributed by atoms with Gasteiger partial charge in [-0.05, 0) is 64.2 Å². The van der Waals surface area contributed by atoms with Gasteiger partial charge in [0.15, 0.2) is 6.10 Å². The van der Waals surface area contributed by atoms with Crippen LogP contribution in [0, 0.1) is 0 Å². The number of allylic oxidation sites excluding steroid dienone is 10. The molecule has 0 saturated carbocycles. The van der Waals surface area contributed by atoms with Crippen LogP contribution in [0.3, 0.4) is 0 Å². The molecule has 0 aliphatic rings. The van der Waals surface area contributed by atoms with E-state index in [9.17, 15) is 14.4 Å². The number of unbranched alkanes of at least 4 members (excludes halogenated alkanes) is 34. The number of esters is 3. The molecule has 0 spiro atoms. The molecule has 1 atom stereocenters. The second kappa shape index (κ2) is 58.7. The van der Waals surface area contributed by atoms with Crippen LogP contribution in [-0.2, 0) is 28.6 Å². The summed E-state index contributed by atoms with van der Waals surface area (Å²) in [5, 5.41) is 0. The van der Waals surface area contributed by atoms with Crippen molar-refractivity contribution in [3.05, 3.63) is 60.8 Å². The molecule has 0 radical (unpaired) electrons. The lowest BCUT2D eigenvalue weighted by atomic mass is 10.0. The Morgan fingerprint density at radius 2 is 0.557 bits per heavy atom. The Hall–Kier alpha value is -2.89. The summed E-state index contributed by atoms with van der Waals surface area (Å²) < 4.78 is 16.9. The van der Waals surface area contributed by atoms with Crippen LogP contribution in [0.5, 0.6) is 0 Å². The minimum atomic E-state index is -0.770. The quantitative estimate of drug-likeness (QED) is 0.0261. The Kier molecular flexibility index (Phi) is 56.3. The van der Waals surface area contributed by atoms with Gasteiger partial charge in [0.2, 0.25) is 0 Å². The predicted octanol–water partition coefficient (Wildman–Crippen LogP) is 20.4. The van der Waals surface area contributed by atoms with E-state index in [0.29, 0.717) is 19.3 Å². The molecule has 0 rings (SSSR count). The molecule has 0 fully saturated rings. The smallest absolute Gasteiger partial charge is 0.306 e. The molecular formula is C64H114O6. The lowest BCUT2D eigenvalue weighted by Crippen LogP contribution is -2.30. The number of hydrogen-bond acceptors (Lipinski definition) is 6. The lowest BCUT2D eigenvalue weighted by molar-refractivity contribution is -0.167. The highest BCUT2D eigenvalue weighted by atomic mass is 16.6. The first-order chi connectivity index (χ1) is 34.5. The molecular weight excluding hydrogens is 865 g/mol. The zero-order valence-corrected chi connectivity index (χ0v) is 46.5. The molecule has 0 heterocycles. The molecule has 406 valence electrons. The molecule has 0 aromatic carbocycles. The summed E-state index contributed by atoms with van der Waals surface area (Å²) in [6.45, 7) is 6.54. The number of rotatable bonds is 55. The first kappa shape index (κ1) is 67.1. The van der Waals surface area contributed by atoms with Crippen molar-refractivity contribution in [2.45, 2.75) is 316 Å². The van der Waals surface area contributed by atoms with Gasteiger partial charge in [0.05, 0.1) is 0 Å². The molecule has 0 aliphatic carbocycles. The van der Waals surface area contributed by atoms with Crippen molar-refractivity contribution in [3.63, 3.8) is 0 Å². The summed E-state index contributed by atoms with van der Waals surface area (Å²) in [7, 11) is 0. The highest BCUT2D eigenvalue weighted by molar-refractivity contribution is 5.71. The van der Waals surface area contributed by atoms with E-state index in [1.807, 2.05) is 0 Å². The van der Waals surface area contributed by atoms with Crippen molar-refractivity contribution in [3.8, 4) is 0 Å². The fourth-order valence-electron chi connectivity index (χ4n) is 8.77. The van der Waals surface area contributed by atoms with Gasteiger partial charge in [-0.15, -0.1) is 0 Å². The van der Waals surface area contributed by atoms with Crippen LogP contribution < -0.4 is 0 Å². The van der Waals surface area contributed by atoms with Gasteiger partial charge < -0.3 is 14.2 Å². The maximum Gasteiger partial charge on any atom is 0.306 e. The zero-order chi connectivity index (χ0) is 50.7. The van der Waals surface area contributed by atoms with E-state index >= 15 is 0 Å². The number of hydrogen-bond donors (Lipinski definition) is 0. The van der Waals surface area contributed by atoms with Crippen molar-refractivity contribution in [2.75, 3.05) is 13.2 Å². The first-order valence-corrected chi connectivity index (χ1v) is 30.3. The fraction of sp³-hybridized carbons (Fsp3) is 0.797. The summed E-state index contributed by atoms with van der Waals surface area (Å²) in [5.74, 6) is -0.860. The van der Waals surface area contributed by atoms with E-state index < -0.39 is 6.10 Å². The van der Waals surface area contributed by atoms with Crippen LogP contribution in [-0.4, -0.2) is 37.2 Å². The summed E-state index contributed by atoms with van der Waals surface area (Å²) in [5.41, 5.74) is 0. The molecule has 0 amide bonds. The van der Waals surface area contributed by atoms with Gasteiger partial charge in [-0.3, -0.25) is 14.4 Å². The van der Waals surface area contributed by atoms with Gasteiger partial charge in [0.25, 0.3) is 0 Å². The third-order valence-electron chi connectivity index (χ3n) is 13.3. The van der Waals surface area contributed by atoms with Crippen LogP contribution in [0.1, 0.15) is 310 Å². The average Bonchev–Trinajstić information content (AvgIpc) is 3.36. The van der Waals surface area contributed by atoms with E-state index in [1.54, 1.807) is 0 Å². The van der Waals surface area contributed by atoms with Crippen molar-refractivity contribution in [1.29, 1.82) is 0 Å². The molecule has 0 aromatic rings. The maximum atomic E-state index is 12.8. The molecule has 0 N–H and O–H groups in total. The largest absolute Gasteiger partial charge is 0.462 e. The Labute approximate surface area is 434 Å². The standard InChI is InChI=1S/C64H114O6/c1-4-7-10-13-16-19-21-23-25-27-28-29-30-31-32-33-34-35-36-37-39-40-42-45-48-51-54-57-63(66)69-60-61(59-68-62(65)56-53-50-47-44-18-15-12-9-6-3)70-64(67)58-55-52-49-46-43-41-38-26-24-22-20-17-14-11-8-5-2/h7,10,16,19,23,25,28-29,31-32,61H,4-6,8-9,11-15,17-18,20-22,24,26-27,30,33-60H2,1-3H3/b10-7-,19-16-,25-23-,29-28-,32-31-. The number of carbonyl (C=O) groups is 3. The zero-order valence-electron chi connectivity index (χ0n) is 46.5. The third-order valence-corrected chi connectivity index (χ3v) is 13.3. The monoisotopic (exact) mass is 979 g/mol. The minimum Gasteiger partial charge on any atom is -0.462 e. The normalized spacial score (nSPS) is 12.4. The number of carbonyl (C=O) groups excluding carboxylic acids is 3. The molecule has 0 bridgehead atoms. The molecule has 6 heteroatoms. The van der Waals surface area contributed by atoms with Crippen molar-refractivity contribution in [1.82, 2.24) is 0 Å². The Bertz CT molecular complexity index is 1260. The average molecular weight is 980 g/mol. The minimum absolute atomic E-state index is 0.0701. The van der Waals surface area contributed by atoms with Crippen LogP contribution in [0.2, 0.25) is 0 Å². The summed E-state index contributed by atoms with van der Waals surface area (Å²) in [6, 6.07) is 0. The van der Waals surface area contributed by atoms with E-state index in [4.69, 9.17) is 14.2 Å². The topological polar surface area (TPSA) is 78.9 Å². The van der Waals surface area contributed by atoms with Gasteiger partial charge in [-0.1, -0.05) is 287 Å². The lowest BCUT2D eigenvalue weighted by Gasteiger charge is -2.18. The third kappa shape index (κ3) is 56.0. The summed E-state index contributed by atoms with van der Waals surface area (Å²) in [6.07, 6.45) is 73.7. The molecule has 6 nitrogen and oxygen atoms in total. The van der Waals surface area contributed by atoms with Gasteiger partial charge in [-0.2, -0.15) is 0 Å². The van der Waals surface area contributed by atoms with E-state index in [0.717, 1.165) is 89.9 Å². The van der Waals surface area contributed by atoms with E-state index in [2.05, 4.69) is 81.5 Å². The first-order valence-electron chi connectivity index (χ1n) is 30.3. The van der Waals surface area contributed by atoms with Gasteiger partial charge in [-0.25, -0.2) is 0 Å². The predicted molar refractivity (Wildman–Crippen MR) is 302 cm³/mol. The van der Waals surface area contributed by atoms with Crippen molar-refractivity contribution >= 4 is 17.9 Å². The van der Waals surface area contributed by atoms with Crippen LogP contribution >= 0.6 is 0 Å². The Morgan fingerprint density at radius 3 is 0.871 bits per heavy atom. The molecule has 0 saturated heterocycles. The Balaban J connectivity index is 4.18. The van der Waals surface area contributed by atoms with Crippen LogP contribution in [0.25, 0.3) is 0 Å². The van der Waals surface area contributed by atoms with Gasteiger partial charge in [0.1, 0.15) is 13.2 Å². The van der Waals surface area contributed by atoms with E-state index in [1.165, 1.54) is 180 Å². The number of ether oxygens (including phenoxy) is 3. The summed E-state index contributed by atoms with van der Waals surface area (Å²) >= 11 is 0. The van der Waals surface area contributed by atoms with E-state index in [-0.39, 0.29) is 31.1 Å². The molecule has 0 aliphatic heterocycles. The fourth-order valence-corrected chi connectivity index (χ4v) is 8.77.